The number of anilines is 2. The molecule has 1 heterocycles. The Balaban J connectivity index is 1.65. The topological polar surface area (TPSA) is 58.1 Å². The van der Waals surface area contributed by atoms with Crippen LogP contribution in [-0.4, -0.2) is 29.5 Å². The molecule has 0 aliphatic rings. The third kappa shape index (κ3) is 3.91. The number of carbonyl (C=O) groups excluding carboxylic acids is 1. The lowest BCUT2D eigenvalue weighted by Gasteiger charge is -2.15. The normalized spacial score (nSPS) is 10.7. The van der Waals surface area contributed by atoms with Crippen LogP contribution in [0, 0.1) is 5.82 Å². The number of nitrogens with one attached hydrogen (secondary N) is 1. The lowest BCUT2D eigenvalue weighted by atomic mass is 10.1. The molecule has 6 heteroatoms. The first-order chi connectivity index (χ1) is 12.0. The van der Waals surface area contributed by atoms with Crippen LogP contribution in [0.3, 0.4) is 0 Å². The van der Waals surface area contributed by atoms with Crippen molar-refractivity contribution in [3.8, 4) is 0 Å². The summed E-state index contributed by atoms with van der Waals surface area (Å²) in [5.74, 6) is 0.310. The van der Waals surface area contributed by atoms with Gasteiger partial charge in [0.25, 0.3) is 0 Å². The zero-order chi connectivity index (χ0) is 17.8. The first-order valence-corrected chi connectivity index (χ1v) is 8.02. The summed E-state index contributed by atoms with van der Waals surface area (Å²) >= 11 is 0. The van der Waals surface area contributed by atoms with Gasteiger partial charge in [0.2, 0.25) is 5.91 Å². The van der Waals surface area contributed by atoms with Gasteiger partial charge >= 0.3 is 0 Å². The second kappa shape index (κ2) is 7.25. The van der Waals surface area contributed by atoms with Gasteiger partial charge in [0.05, 0.1) is 5.52 Å². The predicted molar refractivity (Wildman–Crippen MR) is 97.2 cm³/mol. The third-order valence-electron chi connectivity index (χ3n) is 4.10. The van der Waals surface area contributed by atoms with Gasteiger partial charge in [-0.2, -0.15) is 0 Å². The Morgan fingerprint density at radius 1 is 1.16 bits per heavy atom. The van der Waals surface area contributed by atoms with Crippen molar-refractivity contribution in [3.05, 3.63) is 60.2 Å². The molecule has 1 aromatic heterocycles. The standard InChI is InChI=1S/C19H19FN4O/c1-13(25)24(2)16-6-3-14(4-7-16)9-10-21-19-17-11-15(20)5-8-18(17)22-12-23-19/h3-8,11-12H,9-10H2,1-2H3,(H,21,22,23). The van der Waals surface area contributed by atoms with E-state index in [1.165, 1.54) is 25.4 Å². The molecule has 1 amide bonds. The molecule has 1 N–H and O–H groups in total. The molecule has 0 saturated heterocycles. The van der Waals surface area contributed by atoms with Crippen LogP contribution < -0.4 is 10.2 Å². The van der Waals surface area contributed by atoms with E-state index >= 15 is 0 Å². The Labute approximate surface area is 145 Å². The number of aromatic nitrogens is 2. The first-order valence-electron chi connectivity index (χ1n) is 8.02. The quantitative estimate of drug-likeness (QED) is 0.774. The zero-order valence-corrected chi connectivity index (χ0v) is 14.2. The van der Waals surface area contributed by atoms with E-state index in [2.05, 4.69) is 15.3 Å². The van der Waals surface area contributed by atoms with Crippen LogP contribution in [0.1, 0.15) is 12.5 Å². The van der Waals surface area contributed by atoms with Crippen molar-refractivity contribution in [2.24, 2.45) is 0 Å². The Hall–Kier alpha value is -3.02. The molecule has 0 aliphatic carbocycles. The third-order valence-corrected chi connectivity index (χ3v) is 4.10. The average Bonchev–Trinajstić information content (AvgIpc) is 2.62. The van der Waals surface area contributed by atoms with Crippen molar-refractivity contribution < 1.29 is 9.18 Å². The van der Waals surface area contributed by atoms with E-state index in [1.807, 2.05) is 24.3 Å². The van der Waals surface area contributed by atoms with Crippen molar-refractivity contribution in [1.82, 2.24) is 9.97 Å². The van der Waals surface area contributed by atoms with Crippen LogP contribution in [0.5, 0.6) is 0 Å². The average molecular weight is 338 g/mol. The Kier molecular flexibility index (Phi) is 4.88. The minimum Gasteiger partial charge on any atom is -0.369 e. The number of rotatable bonds is 5. The summed E-state index contributed by atoms with van der Waals surface area (Å²) in [5, 5.41) is 3.90. The predicted octanol–water partition coefficient (Wildman–Crippen LogP) is 3.41. The molecule has 25 heavy (non-hydrogen) atoms. The zero-order valence-electron chi connectivity index (χ0n) is 14.2. The largest absolute Gasteiger partial charge is 0.369 e. The van der Waals surface area contributed by atoms with E-state index in [9.17, 15) is 9.18 Å². The highest BCUT2D eigenvalue weighted by Gasteiger charge is 2.06. The van der Waals surface area contributed by atoms with Crippen molar-refractivity contribution in [3.63, 3.8) is 0 Å². The minimum atomic E-state index is -0.310. The molecule has 3 rings (SSSR count). The molecule has 2 aromatic carbocycles. The van der Waals surface area contributed by atoms with Crippen molar-refractivity contribution >= 4 is 28.3 Å². The van der Waals surface area contributed by atoms with Crippen LogP contribution in [0.25, 0.3) is 10.9 Å². The van der Waals surface area contributed by atoms with Crippen LogP contribution >= 0.6 is 0 Å². The Morgan fingerprint density at radius 3 is 2.64 bits per heavy atom. The first kappa shape index (κ1) is 16.8. The van der Waals surface area contributed by atoms with Crippen LogP contribution in [0.2, 0.25) is 0 Å². The highest BCUT2D eigenvalue weighted by atomic mass is 19.1. The van der Waals surface area contributed by atoms with Gasteiger partial charge in [0, 0.05) is 31.6 Å². The molecular weight excluding hydrogens is 319 g/mol. The maximum absolute atomic E-state index is 13.5. The number of amides is 1. The molecule has 0 bridgehead atoms. The van der Waals surface area contributed by atoms with Crippen LogP contribution in [0.4, 0.5) is 15.9 Å². The second-order valence-electron chi connectivity index (χ2n) is 5.81. The van der Waals surface area contributed by atoms with Gasteiger partial charge in [-0.15, -0.1) is 0 Å². The monoisotopic (exact) mass is 338 g/mol. The van der Waals surface area contributed by atoms with E-state index in [1.54, 1.807) is 18.0 Å². The van der Waals surface area contributed by atoms with Gasteiger partial charge in [0.15, 0.2) is 0 Å². The van der Waals surface area contributed by atoms with E-state index < -0.39 is 0 Å². The number of nitrogens with zero attached hydrogens (tertiary/aromatic N) is 3. The Morgan fingerprint density at radius 2 is 1.92 bits per heavy atom. The Bertz CT molecular complexity index is 896. The number of fused-ring (bicyclic) bond motifs is 1. The molecule has 0 atom stereocenters. The van der Waals surface area contributed by atoms with Crippen LogP contribution in [0.15, 0.2) is 48.8 Å². The molecule has 3 aromatic rings. The fraction of sp³-hybridized carbons (Fsp3) is 0.211. The van der Waals surface area contributed by atoms with E-state index in [0.717, 1.165) is 17.7 Å². The maximum atomic E-state index is 13.5. The molecule has 0 fully saturated rings. The van der Waals surface area contributed by atoms with Gasteiger partial charge < -0.3 is 10.2 Å². The van der Waals surface area contributed by atoms with Crippen molar-refractivity contribution in [2.45, 2.75) is 13.3 Å². The van der Waals surface area contributed by atoms with E-state index in [-0.39, 0.29) is 11.7 Å². The second-order valence-corrected chi connectivity index (χ2v) is 5.81. The minimum absolute atomic E-state index is 0.00251. The van der Waals surface area contributed by atoms with Gasteiger partial charge in [-0.1, -0.05) is 12.1 Å². The lowest BCUT2D eigenvalue weighted by molar-refractivity contribution is -0.116. The number of hydrogen-bond acceptors (Lipinski definition) is 4. The van der Waals surface area contributed by atoms with E-state index in [4.69, 9.17) is 0 Å². The summed E-state index contributed by atoms with van der Waals surface area (Å²) in [5.41, 5.74) is 2.70. The smallest absolute Gasteiger partial charge is 0.223 e. The summed E-state index contributed by atoms with van der Waals surface area (Å²) in [4.78, 5) is 21.3. The van der Waals surface area contributed by atoms with Crippen molar-refractivity contribution in [1.29, 1.82) is 0 Å². The molecule has 0 spiro atoms. The van der Waals surface area contributed by atoms with Gasteiger partial charge in [-0.05, 0) is 42.3 Å². The molecule has 0 radical (unpaired) electrons. The molecule has 0 aliphatic heterocycles. The van der Waals surface area contributed by atoms with Gasteiger partial charge in [-0.3, -0.25) is 4.79 Å². The number of carbonyl (C=O) groups is 1. The summed E-state index contributed by atoms with van der Waals surface area (Å²) in [6.45, 7) is 2.19. The fourth-order valence-corrected chi connectivity index (χ4v) is 2.56. The van der Waals surface area contributed by atoms with E-state index in [0.29, 0.717) is 23.3 Å². The summed E-state index contributed by atoms with van der Waals surface area (Å²) < 4.78 is 13.5. The highest BCUT2D eigenvalue weighted by molar-refractivity contribution is 5.91. The number of halogens is 1. The van der Waals surface area contributed by atoms with Crippen LogP contribution in [-0.2, 0) is 11.2 Å². The SMILES string of the molecule is CC(=O)N(C)c1ccc(CCNc2ncnc3ccc(F)cc23)cc1. The van der Waals surface area contributed by atoms with Gasteiger partial charge in [-0.25, -0.2) is 14.4 Å². The summed E-state index contributed by atoms with van der Waals surface area (Å²) in [7, 11) is 1.75. The number of benzene rings is 2. The molecule has 5 nitrogen and oxygen atoms in total. The number of hydrogen-bond donors (Lipinski definition) is 1. The molecular formula is C19H19FN4O. The molecule has 128 valence electrons. The van der Waals surface area contributed by atoms with Crippen molar-refractivity contribution in [2.75, 3.05) is 23.8 Å². The lowest BCUT2D eigenvalue weighted by Crippen LogP contribution is -2.22. The highest BCUT2D eigenvalue weighted by Crippen LogP contribution is 2.20. The fourth-order valence-electron chi connectivity index (χ4n) is 2.56. The molecule has 0 saturated carbocycles. The van der Waals surface area contributed by atoms with Gasteiger partial charge in [0.1, 0.15) is 18.0 Å². The maximum Gasteiger partial charge on any atom is 0.223 e. The summed E-state index contributed by atoms with van der Waals surface area (Å²) in [6.07, 6.45) is 2.25. The summed E-state index contributed by atoms with van der Waals surface area (Å²) in [6, 6.07) is 12.3. The molecule has 0 unspecified atom stereocenters.